The highest BCUT2D eigenvalue weighted by molar-refractivity contribution is 7.13. The third-order valence-corrected chi connectivity index (χ3v) is 6.14. The number of unbranched alkanes of at least 4 members (excludes halogenated alkanes) is 1. The summed E-state index contributed by atoms with van der Waals surface area (Å²) < 4.78 is 0. The fourth-order valence-electron chi connectivity index (χ4n) is 3.53. The Labute approximate surface area is 155 Å². The van der Waals surface area contributed by atoms with Gasteiger partial charge in [0, 0.05) is 44.3 Å². The largest absolute Gasteiger partial charge is 0.345 e. The zero-order valence-electron chi connectivity index (χ0n) is 15.3. The molecule has 6 nitrogen and oxygen atoms in total. The second-order valence-electron chi connectivity index (χ2n) is 7.25. The van der Waals surface area contributed by atoms with Crippen LogP contribution in [-0.2, 0) is 0 Å². The lowest BCUT2D eigenvalue weighted by Gasteiger charge is -2.34. The van der Waals surface area contributed by atoms with E-state index in [1.165, 1.54) is 38.9 Å². The van der Waals surface area contributed by atoms with Crippen molar-refractivity contribution < 1.29 is 4.79 Å². The number of aromatic nitrogens is 1. The number of thiazole rings is 1. The number of nitrogens with one attached hydrogen (secondary N) is 1. The van der Waals surface area contributed by atoms with Crippen LogP contribution < -0.4 is 10.2 Å². The molecule has 2 aliphatic rings. The number of carbonyl (C=O) groups is 1. The van der Waals surface area contributed by atoms with Gasteiger partial charge < -0.3 is 20.0 Å². The van der Waals surface area contributed by atoms with Crippen LogP contribution in [0.15, 0.2) is 11.6 Å². The molecule has 2 aliphatic heterocycles. The van der Waals surface area contributed by atoms with E-state index in [1.807, 2.05) is 16.5 Å². The van der Waals surface area contributed by atoms with Gasteiger partial charge in [-0.1, -0.05) is 6.92 Å². The van der Waals surface area contributed by atoms with Crippen LogP contribution in [0.5, 0.6) is 0 Å². The lowest BCUT2D eigenvalue weighted by atomic mass is 9.99. The molecular formula is C18H31N5OS. The van der Waals surface area contributed by atoms with Crippen molar-refractivity contribution in [2.24, 2.45) is 5.92 Å². The maximum absolute atomic E-state index is 12.3. The van der Waals surface area contributed by atoms with Gasteiger partial charge in [0.05, 0.1) is 0 Å². The van der Waals surface area contributed by atoms with Gasteiger partial charge in [0.25, 0.3) is 0 Å². The first-order valence-corrected chi connectivity index (χ1v) is 10.5. The van der Waals surface area contributed by atoms with Crippen molar-refractivity contribution in [3.63, 3.8) is 0 Å². The Morgan fingerprint density at radius 1 is 1.20 bits per heavy atom. The zero-order valence-corrected chi connectivity index (χ0v) is 16.1. The van der Waals surface area contributed by atoms with E-state index < -0.39 is 0 Å². The first-order valence-electron chi connectivity index (χ1n) is 9.62. The Hall–Kier alpha value is -1.34. The molecule has 0 aliphatic carbocycles. The highest BCUT2D eigenvalue weighted by Gasteiger charge is 2.22. The molecule has 0 radical (unpaired) electrons. The first kappa shape index (κ1) is 18.5. The molecule has 0 unspecified atom stereocenters. The van der Waals surface area contributed by atoms with Crippen molar-refractivity contribution in [3.8, 4) is 0 Å². The van der Waals surface area contributed by atoms with E-state index >= 15 is 0 Å². The molecule has 0 atom stereocenters. The van der Waals surface area contributed by atoms with Gasteiger partial charge >= 0.3 is 6.03 Å². The van der Waals surface area contributed by atoms with Crippen molar-refractivity contribution in [3.05, 3.63) is 11.6 Å². The van der Waals surface area contributed by atoms with Crippen molar-refractivity contribution in [2.75, 3.05) is 57.3 Å². The fraction of sp³-hybridized carbons (Fsp3) is 0.778. The first-order chi connectivity index (χ1) is 12.2. The van der Waals surface area contributed by atoms with Crippen LogP contribution in [0.3, 0.4) is 0 Å². The van der Waals surface area contributed by atoms with Crippen LogP contribution >= 0.6 is 11.3 Å². The van der Waals surface area contributed by atoms with Crippen LogP contribution in [0, 0.1) is 5.92 Å². The zero-order chi connectivity index (χ0) is 17.5. The van der Waals surface area contributed by atoms with E-state index in [9.17, 15) is 4.79 Å². The molecule has 3 heterocycles. The molecule has 0 aromatic carbocycles. The number of piperidine rings is 1. The molecule has 0 bridgehead atoms. The molecule has 140 valence electrons. The van der Waals surface area contributed by atoms with Gasteiger partial charge in [-0.3, -0.25) is 0 Å². The number of nitrogens with zero attached hydrogens (tertiary/aromatic N) is 4. The Kier molecular flexibility index (Phi) is 6.93. The highest BCUT2D eigenvalue weighted by atomic mass is 32.1. The monoisotopic (exact) mass is 365 g/mol. The lowest BCUT2D eigenvalue weighted by Crippen LogP contribution is -2.52. The quantitative estimate of drug-likeness (QED) is 0.787. The minimum absolute atomic E-state index is 0.0885. The van der Waals surface area contributed by atoms with Gasteiger partial charge in [-0.05, 0) is 51.2 Å². The molecule has 0 spiro atoms. The fourth-order valence-corrected chi connectivity index (χ4v) is 4.22. The van der Waals surface area contributed by atoms with Crippen LogP contribution in [0.4, 0.5) is 9.93 Å². The molecule has 25 heavy (non-hydrogen) atoms. The predicted octanol–water partition coefficient (Wildman–Crippen LogP) is 2.49. The van der Waals surface area contributed by atoms with Crippen LogP contribution in [0.2, 0.25) is 0 Å². The van der Waals surface area contributed by atoms with Crippen molar-refractivity contribution >= 4 is 22.5 Å². The summed E-state index contributed by atoms with van der Waals surface area (Å²) in [5.74, 6) is 0.895. The maximum Gasteiger partial charge on any atom is 0.317 e. The summed E-state index contributed by atoms with van der Waals surface area (Å²) >= 11 is 1.66. The Balaban J connectivity index is 1.25. The van der Waals surface area contributed by atoms with Gasteiger partial charge in [0.15, 0.2) is 5.13 Å². The Bertz CT molecular complexity index is 508. The molecule has 2 saturated heterocycles. The van der Waals surface area contributed by atoms with Gasteiger partial charge in [-0.15, -0.1) is 11.3 Å². The summed E-state index contributed by atoms with van der Waals surface area (Å²) in [5.41, 5.74) is 0. The summed E-state index contributed by atoms with van der Waals surface area (Å²) in [6, 6.07) is 0.0885. The average molecular weight is 366 g/mol. The number of likely N-dealkylation sites (tertiary alicyclic amines) is 1. The van der Waals surface area contributed by atoms with Crippen molar-refractivity contribution in [2.45, 2.75) is 32.6 Å². The normalized spacial score (nSPS) is 20.0. The van der Waals surface area contributed by atoms with Gasteiger partial charge in [0.1, 0.15) is 0 Å². The number of urea groups is 1. The third kappa shape index (κ3) is 5.57. The molecule has 2 fully saturated rings. The summed E-state index contributed by atoms with van der Waals surface area (Å²) in [4.78, 5) is 23.4. The molecule has 1 aromatic heterocycles. The summed E-state index contributed by atoms with van der Waals surface area (Å²) in [7, 11) is 0. The highest BCUT2D eigenvalue weighted by Crippen LogP contribution is 2.19. The lowest BCUT2D eigenvalue weighted by molar-refractivity contribution is 0.186. The minimum Gasteiger partial charge on any atom is -0.345 e. The second kappa shape index (κ2) is 9.38. The molecule has 1 N–H and O–H groups in total. The standard InChI is InChI=1S/C18H31N5OS/c1-16-4-9-21(10-5-16)8-3-2-6-19-17(24)22-11-13-23(14-12-22)18-20-7-15-25-18/h7,15-16H,2-6,8-14H2,1H3,(H,19,24). The summed E-state index contributed by atoms with van der Waals surface area (Å²) in [5, 5.41) is 6.14. The SMILES string of the molecule is CC1CCN(CCCCNC(=O)N2CCN(c3nccs3)CC2)CC1. The van der Waals surface area contributed by atoms with Crippen LogP contribution in [-0.4, -0.2) is 73.2 Å². The molecule has 7 heteroatoms. The van der Waals surface area contributed by atoms with E-state index in [-0.39, 0.29) is 6.03 Å². The number of carbonyl (C=O) groups excluding carboxylic acids is 1. The maximum atomic E-state index is 12.3. The van der Waals surface area contributed by atoms with E-state index in [0.717, 1.165) is 50.2 Å². The summed E-state index contributed by atoms with van der Waals surface area (Å²) in [6.45, 7) is 10.1. The van der Waals surface area contributed by atoms with E-state index in [4.69, 9.17) is 0 Å². The Morgan fingerprint density at radius 2 is 1.96 bits per heavy atom. The topological polar surface area (TPSA) is 51.7 Å². The second-order valence-corrected chi connectivity index (χ2v) is 8.12. The molecule has 1 aromatic rings. The van der Waals surface area contributed by atoms with Gasteiger partial charge in [0.2, 0.25) is 0 Å². The van der Waals surface area contributed by atoms with Crippen LogP contribution in [0.25, 0.3) is 0 Å². The van der Waals surface area contributed by atoms with Crippen molar-refractivity contribution in [1.29, 1.82) is 0 Å². The number of piperazine rings is 1. The van der Waals surface area contributed by atoms with E-state index in [0.29, 0.717) is 0 Å². The van der Waals surface area contributed by atoms with E-state index in [2.05, 4.69) is 27.0 Å². The predicted molar refractivity (Wildman–Crippen MR) is 103 cm³/mol. The third-order valence-electron chi connectivity index (χ3n) is 5.31. The summed E-state index contributed by atoms with van der Waals surface area (Å²) in [6.07, 6.45) is 6.75. The van der Waals surface area contributed by atoms with Gasteiger partial charge in [-0.2, -0.15) is 0 Å². The number of hydrogen-bond acceptors (Lipinski definition) is 5. The molecule has 0 saturated carbocycles. The smallest absolute Gasteiger partial charge is 0.317 e. The average Bonchev–Trinajstić information content (AvgIpc) is 3.18. The number of amides is 2. The molecule has 3 rings (SSSR count). The van der Waals surface area contributed by atoms with E-state index in [1.54, 1.807) is 11.3 Å². The number of hydrogen-bond donors (Lipinski definition) is 1. The van der Waals surface area contributed by atoms with Crippen molar-refractivity contribution in [1.82, 2.24) is 20.1 Å². The van der Waals surface area contributed by atoms with Crippen LogP contribution in [0.1, 0.15) is 32.6 Å². The molecular weight excluding hydrogens is 334 g/mol. The Morgan fingerprint density at radius 3 is 2.64 bits per heavy atom. The molecule has 2 amide bonds. The minimum atomic E-state index is 0.0885. The number of rotatable bonds is 6. The van der Waals surface area contributed by atoms with Gasteiger partial charge in [-0.25, -0.2) is 9.78 Å². The number of anilines is 1.